The highest BCUT2D eigenvalue weighted by atomic mass is 19.4. The number of rotatable bonds is 1. The molecule has 0 fully saturated rings. The van der Waals surface area contributed by atoms with Crippen molar-refractivity contribution in [1.82, 2.24) is 0 Å². The van der Waals surface area contributed by atoms with Gasteiger partial charge in [-0.05, 0) is 23.3 Å². The van der Waals surface area contributed by atoms with E-state index < -0.39 is 11.7 Å². The number of alkyl halides is 3. The maximum Gasteiger partial charge on any atom is 0.416 e. The summed E-state index contributed by atoms with van der Waals surface area (Å²) in [5.74, 6) is 0. The number of aromatic nitrogens is 1. The first kappa shape index (κ1) is 11.4. The maximum absolute atomic E-state index is 12.3. The zero-order valence-electron chi connectivity index (χ0n) is 8.65. The summed E-state index contributed by atoms with van der Waals surface area (Å²) >= 11 is 0. The molecule has 0 atom stereocenters. The highest BCUT2D eigenvalue weighted by molar-refractivity contribution is 5.62. The summed E-state index contributed by atoms with van der Waals surface area (Å²) < 4.78 is 37.9. The Morgan fingerprint density at radius 3 is 1.76 bits per heavy atom. The van der Waals surface area contributed by atoms with E-state index in [0.29, 0.717) is 5.56 Å². The van der Waals surface area contributed by atoms with Crippen LogP contribution in [0.4, 0.5) is 13.2 Å². The summed E-state index contributed by atoms with van der Waals surface area (Å²) in [5, 5.41) is 9.02. The van der Waals surface area contributed by atoms with Crippen LogP contribution in [0.1, 0.15) is 5.56 Å². The Labute approximate surface area is 95.5 Å². The molecule has 0 radical (unpaired) electrons. The molecule has 0 aliphatic rings. The molecule has 2 rings (SSSR count). The highest BCUT2D eigenvalue weighted by Crippen LogP contribution is 2.30. The predicted molar refractivity (Wildman–Crippen MR) is 54.3 cm³/mol. The quantitative estimate of drug-likeness (QED) is 0.601. The summed E-state index contributed by atoms with van der Waals surface area (Å²) in [5.41, 5.74) is 0.733. The van der Waals surface area contributed by atoms with Crippen LogP contribution in [0.15, 0.2) is 48.8 Å². The Morgan fingerprint density at radius 2 is 1.29 bits per heavy atom. The maximum atomic E-state index is 12.3. The van der Waals surface area contributed by atoms with E-state index in [1.165, 1.54) is 24.5 Å². The van der Waals surface area contributed by atoms with Crippen molar-refractivity contribution in [2.75, 3.05) is 0 Å². The molecule has 5 heteroatoms. The van der Waals surface area contributed by atoms with Crippen molar-refractivity contribution in [2.24, 2.45) is 0 Å². The van der Waals surface area contributed by atoms with Gasteiger partial charge in [-0.3, -0.25) is 5.21 Å². The van der Waals surface area contributed by atoms with Crippen molar-refractivity contribution >= 4 is 0 Å². The van der Waals surface area contributed by atoms with E-state index in [2.05, 4.69) is 0 Å². The summed E-state index contributed by atoms with van der Waals surface area (Å²) in [6, 6.07) is 8.11. The fraction of sp³-hybridized carbons (Fsp3) is 0.0833. The molecule has 17 heavy (non-hydrogen) atoms. The van der Waals surface area contributed by atoms with Crippen molar-refractivity contribution in [3.63, 3.8) is 0 Å². The smallest absolute Gasteiger partial charge is 0.285 e. The van der Waals surface area contributed by atoms with E-state index in [1.54, 1.807) is 12.1 Å². The van der Waals surface area contributed by atoms with Gasteiger partial charge in [-0.1, -0.05) is 12.1 Å². The van der Waals surface area contributed by atoms with Crippen LogP contribution in [0.3, 0.4) is 0 Å². The minimum atomic E-state index is -4.32. The zero-order chi connectivity index (χ0) is 12.5. The lowest BCUT2D eigenvalue weighted by atomic mass is 10.1. The predicted octanol–water partition coefficient (Wildman–Crippen LogP) is 2.90. The van der Waals surface area contributed by atoms with Crippen molar-refractivity contribution in [2.45, 2.75) is 6.18 Å². The molecular formula is C12H9F3NO+. The molecule has 88 valence electrons. The van der Waals surface area contributed by atoms with Gasteiger partial charge in [0.15, 0.2) is 0 Å². The van der Waals surface area contributed by atoms with Crippen LogP contribution in [-0.2, 0) is 6.18 Å². The number of hydrogen-bond donors (Lipinski definition) is 1. The van der Waals surface area contributed by atoms with E-state index in [4.69, 9.17) is 5.21 Å². The first-order valence-electron chi connectivity index (χ1n) is 4.85. The van der Waals surface area contributed by atoms with Gasteiger partial charge in [0.2, 0.25) is 12.4 Å². The van der Waals surface area contributed by atoms with Gasteiger partial charge in [-0.25, -0.2) is 0 Å². The van der Waals surface area contributed by atoms with Gasteiger partial charge in [0.1, 0.15) is 0 Å². The second-order valence-corrected chi connectivity index (χ2v) is 3.54. The van der Waals surface area contributed by atoms with E-state index in [1.807, 2.05) is 0 Å². The molecule has 0 aliphatic heterocycles. The van der Waals surface area contributed by atoms with Gasteiger partial charge in [0.25, 0.3) is 0 Å². The Bertz CT molecular complexity index is 503. The molecule has 0 amide bonds. The van der Waals surface area contributed by atoms with Crippen LogP contribution in [0, 0.1) is 0 Å². The van der Waals surface area contributed by atoms with Gasteiger partial charge in [0, 0.05) is 16.9 Å². The van der Waals surface area contributed by atoms with Crippen LogP contribution in [0.2, 0.25) is 0 Å². The third-order valence-electron chi connectivity index (χ3n) is 2.36. The van der Waals surface area contributed by atoms with Crippen LogP contribution >= 0.6 is 0 Å². The molecule has 0 spiro atoms. The molecule has 0 aliphatic carbocycles. The average Bonchev–Trinajstić information content (AvgIpc) is 2.29. The van der Waals surface area contributed by atoms with Crippen molar-refractivity contribution in [1.29, 1.82) is 0 Å². The first-order chi connectivity index (χ1) is 7.97. The fourth-order valence-corrected chi connectivity index (χ4v) is 1.46. The number of pyridine rings is 1. The van der Waals surface area contributed by atoms with E-state index in [-0.39, 0.29) is 0 Å². The molecule has 0 unspecified atom stereocenters. The molecule has 0 saturated carbocycles. The molecule has 1 aromatic heterocycles. The van der Waals surface area contributed by atoms with Gasteiger partial charge >= 0.3 is 6.18 Å². The van der Waals surface area contributed by atoms with Crippen LogP contribution in [-0.4, -0.2) is 5.21 Å². The molecule has 2 nitrogen and oxygen atoms in total. The largest absolute Gasteiger partial charge is 0.416 e. The third-order valence-corrected chi connectivity index (χ3v) is 2.36. The number of nitrogens with zero attached hydrogens (tertiary/aromatic N) is 1. The van der Waals surface area contributed by atoms with E-state index in [9.17, 15) is 13.2 Å². The van der Waals surface area contributed by atoms with E-state index in [0.717, 1.165) is 22.4 Å². The van der Waals surface area contributed by atoms with Crippen molar-refractivity contribution < 1.29 is 23.1 Å². The molecule has 1 N–H and O–H groups in total. The number of halogens is 3. The normalized spacial score (nSPS) is 11.5. The van der Waals surface area contributed by atoms with Gasteiger partial charge < -0.3 is 0 Å². The molecule has 1 heterocycles. The zero-order valence-corrected chi connectivity index (χ0v) is 8.65. The Morgan fingerprint density at radius 1 is 0.824 bits per heavy atom. The lowest BCUT2D eigenvalue weighted by molar-refractivity contribution is -0.904. The summed E-state index contributed by atoms with van der Waals surface area (Å²) in [7, 11) is 0. The Kier molecular flexibility index (Phi) is 2.75. The molecule has 1 aromatic carbocycles. The summed E-state index contributed by atoms with van der Waals surface area (Å²) in [6.07, 6.45) is -1.50. The lowest BCUT2D eigenvalue weighted by Gasteiger charge is -2.07. The Hall–Kier alpha value is -2.04. The van der Waals surface area contributed by atoms with Crippen molar-refractivity contribution in [3.05, 3.63) is 54.4 Å². The standard InChI is InChI=1S/C12H9F3NO/c13-12(14,15)11-3-1-9(2-4-11)10-5-7-16(17)8-6-10/h1-8,17H/q+1. The molecule has 0 saturated heterocycles. The first-order valence-corrected chi connectivity index (χ1v) is 4.85. The number of benzene rings is 1. The Balaban J connectivity index is 2.33. The van der Waals surface area contributed by atoms with Crippen LogP contribution < -0.4 is 4.73 Å². The van der Waals surface area contributed by atoms with Gasteiger partial charge in [-0.15, -0.1) is 0 Å². The monoisotopic (exact) mass is 240 g/mol. The van der Waals surface area contributed by atoms with Crippen LogP contribution in [0.5, 0.6) is 0 Å². The molecular weight excluding hydrogens is 231 g/mol. The minimum absolute atomic E-state index is 0.665. The van der Waals surface area contributed by atoms with Crippen molar-refractivity contribution in [3.8, 4) is 11.1 Å². The lowest BCUT2D eigenvalue weighted by Crippen LogP contribution is -2.27. The van der Waals surface area contributed by atoms with Gasteiger partial charge in [0.05, 0.1) is 5.56 Å². The molecule has 0 bridgehead atoms. The number of hydrogen-bond acceptors (Lipinski definition) is 1. The summed E-state index contributed by atoms with van der Waals surface area (Å²) in [4.78, 5) is 0. The second-order valence-electron chi connectivity index (χ2n) is 3.54. The second kappa shape index (κ2) is 4.08. The summed E-state index contributed by atoms with van der Waals surface area (Å²) in [6.45, 7) is 0. The topological polar surface area (TPSA) is 24.1 Å². The minimum Gasteiger partial charge on any atom is -0.285 e. The SMILES string of the molecule is O[n+]1ccc(-c2ccc(C(F)(F)F)cc2)cc1. The van der Waals surface area contributed by atoms with Crippen LogP contribution in [0.25, 0.3) is 11.1 Å². The third kappa shape index (κ3) is 2.55. The molecule has 2 aromatic rings. The highest BCUT2D eigenvalue weighted by Gasteiger charge is 2.29. The fourth-order valence-electron chi connectivity index (χ4n) is 1.46. The van der Waals surface area contributed by atoms with Gasteiger partial charge in [-0.2, -0.15) is 13.2 Å². The van der Waals surface area contributed by atoms with E-state index >= 15 is 0 Å². The average molecular weight is 240 g/mol.